The molecule has 0 saturated heterocycles. The maximum absolute atomic E-state index is 13.5. The van der Waals surface area contributed by atoms with Gasteiger partial charge in [-0.25, -0.2) is 17.5 Å². The highest BCUT2D eigenvalue weighted by molar-refractivity contribution is 7.89. The second-order valence-electron chi connectivity index (χ2n) is 4.74. The minimum absolute atomic E-state index is 0.0541. The standard InChI is InChI=1S/C14H15FN2O3S/c1-9-3-4-11(7-13(9)15)10(2)17-21(19,20)12-5-6-14(18)16-8-12/h3-8,10,17H,1-2H3,(H,16,18). The van der Waals surface area contributed by atoms with Crippen molar-refractivity contribution in [3.63, 3.8) is 0 Å². The average molecular weight is 310 g/mol. The van der Waals surface area contributed by atoms with Crippen LogP contribution in [0.4, 0.5) is 4.39 Å². The van der Waals surface area contributed by atoms with Gasteiger partial charge in [0, 0.05) is 18.3 Å². The number of benzene rings is 1. The highest BCUT2D eigenvalue weighted by atomic mass is 32.2. The van der Waals surface area contributed by atoms with Gasteiger partial charge >= 0.3 is 0 Å². The van der Waals surface area contributed by atoms with Gasteiger partial charge in [0.2, 0.25) is 15.6 Å². The van der Waals surface area contributed by atoms with Crippen molar-refractivity contribution >= 4 is 10.0 Å². The van der Waals surface area contributed by atoms with Crippen LogP contribution in [-0.2, 0) is 10.0 Å². The van der Waals surface area contributed by atoms with Gasteiger partial charge in [0.15, 0.2) is 0 Å². The van der Waals surface area contributed by atoms with Crippen molar-refractivity contribution < 1.29 is 12.8 Å². The Kier molecular flexibility index (Phi) is 4.24. The normalized spacial score (nSPS) is 13.1. The summed E-state index contributed by atoms with van der Waals surface area (Å²) in [5, 5.41) is 0. The Morgan fingerprint density at radius 1 is 1.24 bits per heavy atom. The number of H-pyrrole nitrogens is 1. The third-order valence-electron chi connectivity index (χ3n) is 3.09. The molecule has 2 rings (SSSR count). The molecule has 2 N–H and O–H groups in total. The number of halogens is 1. The molecule has 1 heterocycles. The van der Waals surface area contributed by atoms with E-state index in [1.807, 2.05) is 0 Å². The Hall–Kier alpha value is -1.99. The molecule has 5 nitrogen and oxygen atoms in total. The van der Waals surface area contributed by atoms with Crippen LogP contribution < -0.4 is 10.3 Å². The van der Waals surface area contributed by atoms with Gasteiger partial charge in [-0.1, -0.05) is 12.1 Å². The minimum Gasteiger partial charge on any atom is -0.328 e. The van der Waals surface area contributed by atoms with Crippen molar-refractivity contribution in [3.05, 3.63) is 63.8 Å². The average Bonchev–Trinajstić information content (AvgIpc) is 2.41. The van der Waals surface area contributed by atoms with E-state index < -0.39 is 16.1 Å². The first-order chi connectivity index (χ1) is 9.79. The van der Waals surface area contributed by atoms with E-state index in [0.29, 0.717) is 11.1 Å². The number of aromatic nitrogens is 1. The molecule has 2 aromatic rings. The van der Waals surface area contributed by atoms with E-state index in [2.05, 4.69) is 9.71 Å². The first-order valence-corrected chi connectivity index (χ1v) is 7.75. The summed E-state index contributed by atoms with van der Waals surface area (Å²) < 4.78 is 40.3. The van der Waals surface area contributed by atoms with Crippen LogP contribution >= 0.6 is 0 Å². The van der Waals surface area contributed by atoms with Crippen molar-refractivity contribution in [3.8, 4) is 0 Å². The Bertz CT molecular complexity index is 795. The van der Waals surface area contributed by atoms with Crippen LogP contribution in [0, 0.1) is 12.7 Å². The summed E-state index contributed by atoms with van der Waals surface area (Å²) >= 11 is 0. The second kappa shape index (κ2) is 5.79. The Morgan fingerprint density at radius 2 is 1.95 bits per heavy atom. The van der Waals surface area contributed by atoms with Gasteiger partial charge in [-0.3, -0.25) is 4.79 Å². The van der Waals surface area contributed by atoms with Crippen LogP contribution in [0.1, 0.15) is 24.1 Å². The van der Waals surface area contributed by atoms with Gasteiger partial charge in [0.1, 0.15) is 5.82 Å². The zero-order valence-corrected chi connectivity index (χ0v) is 12.4. The van der Waals surface area contributed by atoms with Crippen molar-refractivity contribution in [1.82, 2.24) is 9.71 Å². The van der Waals surface area contributed by atoms with E-state index >= 15 is 0 Å². The summed E-state index contributed by atoms with van der Waals surface area (Å²) in [7, 11) is -3.79. The monoisotopic (exact) mass is 310 g/mol. The van der Waals surface area contributed by atoms with Gasteiger partial charge in [-0.15, -0.1) is 0 Å². The van der Waals surface area contributed by atoms with Crippen LogP contribution in [0.5, 0.6) is 0 Å². The van der Waals surface area contributed by atoms with Gasteiger partial charge in [-0.2, -0.15) is 0 Å². The van der Waals surface area contributed by atoms with E-state index in [-0.39, 0.29) is 16.3 Å². The minimum atomic E-state index is -3.79. The summed E-state index contributed by atoms with van der Waals surface area (Å²) in [5.74, 6) is -0.386. The largest absolute Gasteiger partial charge is 0.328 e. The Labute approximate surface area is 121 Å². The Morgan fingerprint density at radius 3 is 2.52 bits per heavy atom. The highest BCUT2D eigenvalue weighted by Gasteiger charge is 2.19. The zero-order chi connectivity index (χ0) is 15.6. The SMILES string of the molecule is Cc1ccc(C(C)NS(=O)(=O)c2ccc(=O)[nH]c2)cc1F. The number of hydrogen-bond acceptors (Lipinski definition) is 3. The lowest BCUT2D eigenvalue weighted by atomic mass is 10.1. The highest BCUT2D eigenvalue weighted by Crippen LogP contribution is 2.18. The fraction of sp³-hybridized carbons (Fsp3) is 0.214. The third kappa shape index (κ3) is 3.56. The molecule has 7 heteroatoms. The lowest BCUT2D eigenvalue weighted by molar-refractivity contribution is 0.563. The van der Waals surface area contributed by atoms with Crippen LogP contribution in [0.25, 0.3) is 0 Å². The number of nitrogens with one attached hydrogen (secondary N) is 2. The fourth-order valence-electron chi connectivity index (χ4n) is 1.81. The Balaban J connectivity index is 2.25. The lowest BCUT2D eigenvalue weighted by Gasteiger charge is -2.15. The number of hydrogen-bond donors (Lipinski definition) is 2. The van der Waals surface area contributed by atoms with Crippen LogP contribution in [0.2, 0.25) is 0 Å². The molecule has 21 heavy (non-hydrogen) atoms. The molecule has 0 saturated carbocycles. The molecule has 0 bridgehead atoms. The molecular formula is C14H15FN2O3S. The lowest BCUT2D eigenvalue weighted by Crippen LogP contribution is -2.27. The quantitative estimate of drug-likeness (QED) is 0.904. The van der Waals surface area contributed by atoms with E-state index in [9.17, 15) is 17.6 Å². The third-order valence-corrected chi connectivity index (χ3v) is 4.63. The molecule has 0 aliphatic rings. The fourth-order valence-corrected chi connectivity index (χ4v) is 3.01. The van der Waals surface area contributed by atoms with Crippen LogP contribution in [-0.4, -0.2) is 13.4 Å². The molecule has 0 radical (unpaired) electrons. The maximum atomic E-state index is 13.5. The number of aromatic amines is 1. The predicted octanol–water partition coefficient (Wildman–Crippen LogP) is 1.86. The summed E-state index contributed by atoms with van der Waals surface area (Å²) in [4.78, 5) is 13.2. The van der Waals surface area contributed by atoms with Gasteiger partial charge in [0.25, 0.3) is 0 Å². The molecule has 0 aliphatic heterocycles. The summed E-state index contributed by atoms with van der Waals surface area (Å²) in [6, 6.07) is 6.30. The van der Waals surface area contributed by atoms with Crippen molar-refractivity contribution in [2.24, 2.45) is 0 Å². The van der Waals surface area contributed by atoms with E-state index in [1.165, 1.54) is 12.1 Å². The molecule has 1 aromatic carbocycles. The molecule has 0 amide bonds. The summed E-state index contributed by atoms with van der Waals surface area (Å²) in [6.45, 7) is 3.25. The topological polar surface area (TPSA) is 79.0 Å². The molecule has 1 unspecified atom stereocenters. The first-order valence-electron chi connectivity index (χ1n) is 6.27. The maximum Gasteiger partial charge on any atom is 0.247 e. The van der Waals surface area contributed by atoms with Gasteiger partial charge in [0.05, 0.1) is 4.90 Å². The first kappa shape index (κ1) is 15.4. The number of sulfonamides is 1. The summed E-state index contributed by atoms with van der Waals surface area (Å²) in [6.07, 6.45) is 1.12. The van der Waals surface area contributed by atoms with E-state index in [0.717, 1.165) is 12.3 Å². The van der Waals surface area contributed by atoms with Gasteiger partial charge in [-0.05, 0) is 37.1 Å². The molecule has 1 aromatic heterocycles. The van der Waals surface area contributed by atoms with Crippen molar-refractivity contribution in [2.45, 2.75) is 24.8 Å². The molecule has 1 atom stereocenters. The molecule has 0 spiro atoms. The smallest absolute Gasteiger partial charge is 0.247 e. The van der Waals surface area contributed by atoms with E-state index in [1.54, 1.807) is 26.0 Å². The van der Waals surface area contributed by atoms with Crippen molar-refractivity contribution in [1.29, 1.82) is 0 Å². The van der Waals surface area contributed by atoms with Crippen LogP contribution in [0.15, 0.2) is 46.2 Å². The number of rotatable bonds is 4. The molecular weight excluding hydrogens is 295 g/mol. The number of pyridine rings is 1. The summed E-state index contributed by atoms with van der Waals surface area (Å²) in [5.41, 5.74) is 0.628. The molecule has 0 aliphatic carbocycles. The van der Waals surface area contributed by atoms with Gasteiger partial charge < -0.3 is 4.98 Å². The van der Waals surface area contributed by atoms with Crippen molar-refractivity contribution in [2.75, 3.05) is 0 Å². The molecule has 0 fully saturated rings. The number of aryl methyl sites for hydroxylation is 1. The predicted molar refractivity (Wildman–Crippen MR) is 76.9 cm³/mol. The zero-order valence-electron chi connectivity index (χ0n) is 11.6. The van der Waals surface area contributed by atoms with Crippen LogP contribution in [0.3, 0.4) is 0 Å². The second-order valence-corrected chi connectivity index (χ2v) is 6.45. The van der Waals surface area contributed by atoms with E-state index in [4.69, 9.17) is 0 Å². The molecule has 112 valence electrons.